The first kappa shape index (κ1) is 10.9. The Hall–Kier alpha value is -1.58. The van der Waals surface area contributed by atoms with Crippen LogP contribution in [0.5, 0.6) is 0 Å². The normalized spacial score (nSPS) is 15.9. The number of anilines is 1. The quantitative estimate of drug-likeness (QED) is 0.817. The van der Waals surface area contributed by atoms with Crippen molar-refractivity contribution in [2.24, 2.45) is 5.92 Å². The molecule has 2 rings (SSSR count). The highest BCUT2D eigenvalue weighted by molar-refractivity contribution is 5.85. The van der Waals surface area contributed by atoms with Crippen molar-refractivity contribution in [2.45, 2.75) is 32.2 Å². The summed E-state index contributed by atoms with van der Waals surface area (Å²) >= 11 is 0. The van der Waals surface area contributed by atoms with Crippen LogP contribution in [-0.2, 0) is 0 Å². The monoisotopic (exact) mass is 220 g/mol. The van der Waals surface area contributed by atoms with Crippen LogP contribution >= 0.6 is 0 Å². The van der Waals surface area contributed by atoms with Crippen molar-refractivity contribution in [3.63, 3.8) is 0 Å². The van der Waals surface area contributed by atoms with E-state index < -0.39 is 5.97 Å². The van der Waals surface area contributed by atoms with Crippen molar-refractivity contribution in [2.75, 3.05) is 5.32 Å². The molecule has 0 unspecified atom stereocenters. The van der Waals surface area contributed by atoms with Crippen LogP contribution in [0.3, 0.4) is 0 Å². The molecule has 0 aliphatic heterocycles. The fraction of sp³-hybridized carbons (Fsp3) is 0.500. The molecule has 4 nitrogen and oxygen atoms in total. The number of aromatic nitrogens is 1. The largest absolute Gasteiger partial charge is 0.477 e. The van der Waals surface area contributed by atoms with Crippen LogP contribution in [0.15, 0.2) is 18.3 Å². The molecule has 16 heavy (non-hydrogen) atoms. The molecule has 1 aromatic heterocycles. The molecule has 1 aliphatic carbocycles. The predicted octanol–water partition coefficient (Wildman–Crippen LogP) is 2.38. The third-order valence-corrected chi connectivity index (χ3v) is 3.05. The summed E-state index contributed by atoms with van der Waals surface area (Å²) in [7, 11) is 0. The molecule has 2 N–H and O–H groups in total. The molecule has 1 saturated carbocycles. The molecule has 1 heterocycles. The maximum atomic E-state index is 10.6. The highest BCUT2D eigenvalue weighted by Crippen LogP contribution is 2.40. The molecule has 0 atom stereocenters. The highest BCUT2D eigenvalue weighted by Gasteiger charge is 2.37. The zero-order valence-electron chi connectivity index (χ0n) is 9.53. The van der Waals surface area contributed by atoms with Gasteiger partial charge in [-0.2, -0.15) is 0 Å². The Morgan fingerprint density at radius 1 is 1.50 bits per heavy atom. The number of carboxylic acid groups (broad SMARTS) is 1. The maximum Gasteiger partial charge on any atom is 0.354 e. The van der Waals surface area contributed by atoms with Crippen LogP contribution < -0.4 is 5.32 Å². The van der Waals surface area contributed by atoms with E-state index in [1.54, 1.807) is 12.3 Å². The molecule has 1 aliphatic rings. The Morgan fingerprint density at radius 2 is 2.19 bits per heavy atom. The number of rotatable bonds is 4. The summed E-state index contributed by atoms with van der Waals surface area (Å²) in [5, 5.41) is 12.1. The zero-order chi connectivity index (χ0) is 11.8. The van der Waals surface area contributed by atoms with Gasteiger partial charge in [0, 0.05) is 5.54 Å². The molecule has 0 amide bonds. The summed E-state index contributed by atoms with van der Waals surface area (Å²) in [5.74, 6) is -0.278. The molecule has 86 valence electrons. The van der Waals surface area contributed by atoms with Crippen LogP contribution in [0.4, 0.5) is 5.69 Å². The lowest BCUT2D eigenvalue weighted by atomic mass is 9.98. The molecule has 1 fully saturated rings. The van der Waals surface area contributed by atoms with Crippen molar-refractivity contribution in [3.05, 3.63) is 24.0 Å². The minimum Gasteiger partial charge on any atom is -0.477 e. The number of hydrogen-bond acceptors (Lipinski definition) is 3. The molecule has 0 spiro atoms. The molecule has 1 aromatic rings. The van der Waals surface area contributed by atoms with Gasteiger partial charge in [0.2, 0.25) is 0 Å². The Balaban J connectivity index is 2.07. The summed E-state index contributed by atoms with van der Waals surface area (Å²) in [6.45, 7) is 4.32. The third kappa shape index (κ3) is 2.32. The molecule has 0 aromatic carbocycles. The van der Waals surface area contributed by atoms with Crippen molar-refractivity contribution < 1.29 is 9.90 Å². The summed E-state index contributed by atoms with van der Waals surface area (Å²) in [6.07, 6.45) is 4.11. The van der Waals surface area contributed by atoms with Gasteiger partial charge in [0.1, 0.15) is 5.69 Å². The fourth-order valence-electron chi connectivity index (χ4n) is 1.87. The SMILES string of the molecule is CC(C)(Nc1ccc(C(=O)O)nc1)C1CC1. The van der Waals surface area contributed by atoms with E-state index in [1.807, 2.05) is 0 Å². The first-order valence-electron chi connectivity index (χ1n) is 5.46. The van der Waals surface area contributed by atoms with Gasteiger partial charge in [0.25, 0.3) is 0 Å². The average Bonchev–Trinajstić information content (AvgIpc) is 3.01. The van der Waals surface area contributed by atoms with E-state index in [-0.39, 0.29) is 11.2 Å². The minimum absolute atomic E-state index is 0.0619. The van der Waals surface area contributed by atoms with Crippen molar-refractivity contribution in [1.82, 2.24) is 4.98 Å². The van der Waals surface area contributed by atoms with Crippen LogP contribution in [0, 0.1) is 5.92 Å². The first-order chi connectivity index (χ1) is 7.49. The van der Waals surface area contributed by atoms with E-state index in [4.69, 9.17) is 5.11 Å². The van der Waals surface area contributed by atoms with Gasteiger partial charge < -0.3 is 10.4 Å². The summed E-state index contributed by atoms with van der Waals surface area (Å²) in [6, 6.07) is 3.29. The van der Waals surface area contributed by atoms with Gasteiger partial charge in [-0.3, -0.25) is 0 Å². The molecule has 0 saturated heterocycles. The van der Waals surface area contributed by atoms with Gasteiger partial charge in [0.15, 0.2) is 0 Å². The zero-order valence-corrected chi connectivity index (χ0v) is 9.53. The molecule has 0 bridgehead atoms. The van der Waals surface area contributed by atoms with E-state index in [0.717, 1.165) is 5.69 Å². The van der Waals surface area contributed by atoms with Crippen molar-refractivity contribution in [1.29, 1.82) is 0 Å². The van der Waals surface area contributed by atoms with Gasteiger partial charge in [0.05, 0.1) is 11.9 Å². The second-order valence-electron chi connectivity index (χ2n) is 4.86. The Labute approximate surface area is 94.7 Å². The number of aromatic carboxylic acids is 1. The second-order valence-corrected chi connectivity index (χ2v) is 4.86. The summed E-state index contributed by atoms with van der Waals surface area (Å²) in [4.78, 5) is 14.5. The van der Waals surface area contributed by atoms with E-state index in [9.17, 15) is 4.79 Å². The van der Waals surface area contributed by atoms with Crippen LogP contribution in [0.25, 0.3) is 0 Å². The van der Waals surface area contributed by atoms with Gasteiger partial charge in [-0.25, -0.2) is 9.78 Å². The van der Waals surface area contributed by atoms with Gasteiger partial charge in [-0.05, 0) is 44.7 Å². The standard InChI is InChI=1S/C12H16N2O2/c1-12(2,8-3-4-8)14-9-5-6-10(11(15)16)13-7-9/h5-8,14H,3-4H2,1-2H3,(H,15,16). The number of pyridine rings is 1. The minimum atomic E-state index is -0.993. The second kappa shape index (κ2) is 3.77. The topological polar surface area (TPSA) is 62.2 Å². The van der Waals surface area contributed by atoms with Gasteiger partial charge >= 0.3 is 5.97 Å². The van der Waals surface area contributed by atoms with Crippen LogP contribution in [0.2, 0.25) is 0 Å². The van der Waals surface area contributed by atoms with Crippen LogP contribution in [0.1, 0.15) is 37.2 Å². The number of carboxylic acids is 1. The first-order valence-corrected chi connectivity index (χ1v) is 5.46. The van der Waals surface area contributed by atoms with Gasteiger partial charge in [-0.1, -0.05) is 0 Å². The van der Waals surface area contributed by atoms with Crippen molar-refractivity contribution in [3.8, 4) is 0 Å². The summed E-state index contributed by atoms with van der Waals surface area (Å²) in [5.41, 5.74) is 1.02. The third-order valence-electron chi connectivity index (χ3n) is 3.05. The van der Waals surface area contributed by atoms with E-state index >= 15 is 0 Å². The van der Waals surface area contributed by atoms with Crippen molar-refractivity contribution >= 4 is 11.7 Å². The highest BCUT2D eigenvalue weighted by atomic mass is 16.4. The molecule has 0 radical (unpaired) electrons. The van der Waals surface area contributed by atoms with Gasteiger partial charge in [-0.15, -0.1) is 0 Å². The van der Waals surface area contributed by atoms with E-state index in [0.29, 0.717) is 5.92 Å². The Kier molecular flexibility index (Phi) is 2.58. The van der Waals surface area contributed by atoms with E-state index in [1.165, 1.54) is 18.9 Å². The number of hydrogen-bond donors (Lipinski definition) is 2. The molecule has 4 heteroatoms. The van der Waals surface area contributed by atoms with E-state index in [2.05, 4.69) is 24.1 Å². The Bertz CT molecular complexity index is 394. The average molecular weight is 220 g/mol. The maximum absolute atomic E-state index is 10.6. The molecular formula is C12H16N2O2. The predicted molar refractivity (Wildman–Crippen MR) is 61.6 cm³/mol. The molecular weight excluding hydrogens is 204 g/mol. The lowest BCUT2D eigenvalue weighted by Gasteiger charge is -2.27. The van der Waals surface area contributed by atoms with Crippen LogP contribution in [-0.4, -0.2) is 21.6 Å². The Morgan fingerprint density at radius 3 is 2.62 bits per heavy atom. The lowest BCUT2D eigenvalue weighted by Crippen LogP contribution is -2.33. The number of carbonyl (C=O) groups is 1. The smallest absolute Gasteiger partial charge is 0.354 e. The lowest BCUT2D eigenvalue weighted by molar-refractivity contribution is 0.0690. The summed E-state index contributed by atoms with van der Waals surface area (Å²) < 4.78 is 0. The number of nitrogens with zero attached hydrogens (tertiary/aromatic N) is 1. The number of nitrogens with one attached hydrogen (secondary N) is 1. The fourth-order valence-corrected chi connectivity index (χ4v) is 1.87.